The summed E-state index contributed by atoms with van der Waals surface area (Å²) in [6.07, 6.45) is 1.62. The lowest BCUT2D eigenvalue weighted by Crippen LogP contribution is -2.49. The van der Waals surface area contributed by atoms with E-state index in [2.05, 4.69) is 21.2 Å². The maximum atomic E-state index is 13.6. The van der Waals surface area contributed by atoms with Gasteiger partial charge in [0, 0.05) is 37.5 Å². The summed E-state index contributed by atoms with van der Waals surface area (Å²) in [4.78, 5) is 28.2. The molecule has 10 heteroatoms. The third-order valence-corrected chi connectivity index (χ3v) is 7.71. The Morgan fingerprint density at radius 2 is 1.63 bits per heavy atom. The van der Waals surface area contributed by atoms with Crippen molar-refractivity contribution < 1.29 is 22.4 Å². The van der Waals surface area contributed by atoms with Crippen molar-refractivity contribution in [2.75, 3.05) is 24.2 Å². The summed E-state index contributed by atoms with van der Waals surface area (Å²) in [7, 11) is -2.12. The maximum Gasteiger partial charge on any atom is 0.242 e. The van der Waals surface area contributed by atoms with Gasteiger partial charge in [-0.05, 0) is 53.9 Å². The van der Waals surface area contributed by atoms with E-state index < -0.39 is 21.9 Å². The van der Waals surface area contributed by atoms with Crippen LogP contribution in [0.1, 0.15) is 24.0 Å². The fourth-order valence-corrected chi connectivity index (χ4v) is 5.58. The number of anilines is 1. The Kier molecular flexibility index (Phi) is 10.4. The molecule has 0 aromatic heterocycles. The van der Waals surface area contributed by atoms with Crippen LogP contribution in [0, 0.1) is 5.82 Å². The SMILES string of the molecule is CNC(=O)C(Cc1ccccc1)N(Cc1cccc(Br)c1)C(=O)CCCN(c1ccc(F)cc1)S(C)(=O)=O. The number of amides is 2. The fourth-order valence-electron chi connectivity index (χ4n) is 4.16. The van der Waals surface area contributed by atoms with Gasteiger partial charge in [0.05, 0.1) is 11.9 Å². The number of nitrogens with zero attached hydrogens (tertiary/aromatic N) is 2. The summed E-state index contributed by atoms with van der Waals surface area (Å²) in [6, 6.07) is 21.4. The van der Waals surface area contributed by atoms with Gasteiger partial charge in [0.1, 0.15) is 11.9 Å². The lowest BCUT2D eigenvalue weighted by atomic mass is 10.0. The Labute approximate surface area is 231 Å². The number of hydrogen-bond donors (Lipinski definition) is 1. The minimum absolute atomic E-state index is 0.0174. The van der Waals surface area contributed by atoms with Crippen LogP contribution in [0.4, 0.5) is 10.1 Å². The molecule has 7 nitrogen and oxygen atoms in total. The first-order valence-corrected chi connectivity index (χ1v) is 14.8. The van der Waals surface area contributed by atoms with Crippen molar-refractivity contribution >= 4 is 43.5 Å². The standard InChI is InChI=1S/C28H31BrFN3O4S/c1-31-28(35)26(19-21-8-4-3-5-9-21)32(20-22-10-6-11-23(29)18-22)27(34)12-7-17-33(38(2,36)37)25-15-13-24(30)14-16-25/h3-6,8-11,13-16,18,26H,7,12,17,19-20H2,1-2H3,(H,31,35). The number of carbonyl (C=O) groups is 2. The molecule has 0 radical (unpaired) electrons. The average Bonchev–Trinajstić information content (AvgIpc) is 2.88. The number of nitrogens with one attached hydrogen (secondary N) is 1. The van der Waals surface area contributed by atoms with E-state index in [1.165, 1.54) is 31.3 Å². The van der Waals surface area contributed by atoms with Gasteiger partial charge in [-0.1, -0.05) is 58.4 Å². The van der Waals surface area contributed by atoms with Crippen molar-refractivity contribution in [3.8, 4) is 0 Å². The smallest absolute Gasteiger partial charge is 0.242 e. The third-order valence-electron chi connectivity index (χ3n) is 6.03. The molecule has 3 aromatic carbocycles. The highest BCUT2D eigenvalue weighted by atomic mass is 79.9. The van der Waals surface area contributed by atoms with Crippen LogP contribution in [0.25, 0.3) is 0 Å². The lowest BCUT2D eigenvalue weighted by Gasteiger charge is -2.31. The average molecular weight is 605 g/mol. The maximum absolute atomic E-state index is 13.6. The van der Waals surface area contributed by atoms with E-state index in [1.54, 1.807) is 4.90 Å². The van der Waals surface area contributed by atoms with Crippen molar-refractivity contribution in [1.82, 2.24) is 10.2 Å². The first-order valence-electron chi connectivity index (χ1n) is 12.1. The molecule has 202 valence electrons. The summed E-state index contributed by atoms with van der Waals surface area (Å²) in [5.74, 6) is -1.04. The van der Waals surface area contributed by atoms with Crippen molar-refractivity contribution in [3.63, 3.8) is 0 Å². The molecule has 0 saturated carbocycles. The van der Waals surface area contributed by atoms with Crippen LogP contribution in [0.5, 0.6) is 0 Å². The molecular weight excluding hydrogens is 573 g/mol. The van der Waals surface area contributed by atoms with Crippen molar-refractivity contribution in [1.29, 1.82) is 0 Å². The summed E-state index contributed by atoms with van der Waals surface area (Å²) in [5, 5.41) is 2.68. The molecule has 2 amide bonds. The van der Waals surface area contributed by atoms with Crippen LogP contribution in [-0.2, 0) is 32.6 Å². The molecule has 0 bridgehead atoms. The number of halogens is 2. The molecule has 1 atom stereocenters. The van der Waals surface area contributed by atoms with Crippen LogP contribution in [0.15, 0.2) is 83.3 Å². The number of likely N-dealkylation sites (N-methyl/N-ethyl adjacent to an activating group) is 1. The Morgan fingerprint density at radius 3 is 2.24 bits per heavy atom. The van der Waals surface area contributed by atoms with Gasteiger partial charge in [0.15, 0.2) is 0 Å². The fraction of sp³-hybridized carbons (Fsp3) is 0.286. The van der Waals surface area contributed by atoms with Gasteiger partial charge < -0.3 is 10.2 Å². The molecule has 3 rings (SSSR count). The Hall–Kier alpha value is -3.24. The normalized spacial score (nSPS) is 12.0. The van der Waals surface area contributed by atoms with Gasteiger partial charge in [-0.2, -0.15) is 0 Å². The Balaban J connectivity index is 1.84. The summed E-state index contributed by atoms with van der Waals surface area (Å²) < 4.78 is 40.2. The molecular formula is C28H31BrFN3O4S. The predicted molar refractivity (Wildman–Crippen MR) is 151 cm³/mol. The van der Waals surface area contributed by atoms with Crippen molar-refractivity contribution in [3.05, 3.63) is 100 Å². The number of benzene rings is 3. The second-order valence-corrected chi connectivity index (χ2v) is 11.7. The van der Waals surface area contributed by atoms with Crippen LogP contribution in [-0.4, -0.2) is 51.0 Å². The summed E-state index contributed by atoms with van der Waals surface area (Å²) in [6.45, 7) is 0.237. The summed E-state index contributed by atoms with van der Waals surface area (Å²) in [5.41, 5.74) is 2.08. The number of rotatable bonds is 12. The van der Waals surface area contributed by atoms with E-state index in [0.717, 1.165) is 26.2 Å². The zero-order valence-corrected chi connectivity index (χ0v) is 23.7. The molecule has 1 N–H and O–H groups in total. The minimum atomic E-state index is -3.66. The lowest BCUT2D eigenvalue weighted by molar-refractivity contribution is -0.141. The van der Waals surface area contributed by atoms with Gasteiger partial charge >= 0.3 is 0 Å². The quantitative estimate of drug-likeness (QED) is 0.330. The molecule has 0 aliphatic heterocycles. The molecule has 38 heavy (non-hydrogen) atoms. The second-order valence-electron chi connectivity index (χ2n) is 8.89. The molecule has 1 unspecified atom stereocenters. The van der Waals surface area contributed by atoms with Crippen LogP contribution >= 0.6 is 15.9 Å². The highest BCUT2D eigenvalue weighted by Crippen LogP contribution is 2.21. The van der Waals surface area contributed by atoms with Crippen LogP contribution in [0.2, 0.25) is 0 Å². The van der Waals surface area contributed by atoms with E-state index in [0.29, 0.717) is 12.1 Å². The van der Waals surface area contributed by atoms with E-state index in [9.17, 15) is 22.4 Å². The molecule has 0 fully saturated rings. The van der Waals surface area contributed by atoms with Crippen molar-refractivity contribution in [2.24, 2.45) is 0 Å². The zero-order valence-electron chi connectivity index (χ0n) is 21.3. The highest BCUT2D eigenvalue weighted by Gasteiger charge is 2.30. The third kappa shape index (κ3) is 8.39. The monoisotopic (exact) mass is 603 g/mol. The number of sulfonamides is 1. The van der Waals surface area contributed by atoms with E-state index in [1.807, 2.05) is 54.6 Å². The second kappa shape index (κ2) is 13.5. The topological polar surface area (TPSA) is 86.8 Å². The minimum Gasteiger partial charge on any atom is -0.357 e. The van der Waals surface area contributed by atoms with Gasteiger partial charge in [0.2, 0.25) is 21.8 Å². The van der Waals surface area contributed by atoms with E-state index in [-0.39, 0.29) is 37.7 Å². The molecule has 0 heterocycles. The van der Waals surface area contributed by atoms with Gasteiger partial charge in [-0.15, -0.1) is 0 Å². The Bertz CT molecular complexity index is 1340. The Morgan fingerprint density at radius 1 is 0.974 bits per heavy atom. The van der Waals surface area contributed by atoms with Gasteiger partial charge in [-0.3, -0.25) is 13.9 Å². The molecule has 0 spiro atoms. The van der Waals surface area contributed by atoms with Gasteiger partial charge in [0.25, 0.3) is 0 Å². The molecule has 0 saturated heterocycles. The van der Waals surface area contributed by atoms with Crippen LogP contribution < -0.4 is 9.62 Å². The number of hydrogen-bond acceptors (Lipinski definition) is 4. The zero-order chi connectivity index (χ0) is 27.7. The predicted octanol–water partition coefficient (Wildman–Crippen LogP) is 4.52. The first kappa shape index (κ1) is 29.3. The summed E-state index contributed by atoms with van der Waals surface area (Å²) >= 11 is 3.46. The van der Waals surface area contributed by atoms with E-state index >= 15 is 0 Å². The van der Waals surface area contributed by atoms with E-state index in [4.69, 9.17) is 0 Å². The van der Waals surface area contributed by atoms with Gasteiger partial charge in [-0.25, -0.2) is 12.8 Å². The van der Waals surface area contributed by atoms with Crippen molar-refractivity contribution in [2.45, 2.75) is 31.8 Å². The highest BCUT2D eigenvalue weighted by molar-refractivity contribution is 9.10. The first-order chi connectivity index (χ1) is 18.1. The molecule has 0 aliphatic rings. The molecule has 3 aromatic rings. The van der Waals surface area contributed by atoms with Crippen LogP contribution in [0.3, 0.4) is 0 Å². The largest absolute Gasteiger partial charge is 0.357 e. The molecule has 0 aliphatic carbocycles. The number of carbonyl (C=O) groups excluding carboxylic acids is 2.